The van der Waals surface area contributed by atoms with Gasteiger partial charge in [-0.05, 0) is 54.8 Å². The van der Waals surface area contributed by atoms with Crippen LogP contribution in [0.1, 0.15) is 24.0 Å². The van der Waals surface area contributed by atoms with E-state index in [0.29, 0.717) is 23.8 Å². The molecule has 4 rings (SSSR count). The Hall–Kier alpha value is -3.38. The summed E-state index contributed by atoms with van der Waals surface area (Å²) in [6, 6.07) is 19.4. The van der Waals surface area contributed by atoms with Gasteiger partial charge < -0.3 is 14.8 Å². The molecule has 1 aromatic heterocycles. The fraction of sp³-hybridized carbons (Fsp3) is 0.280. The van der Waals surface area contributed by atoms with Gasteiger partial charge in [-0.3, -0.25) is 14.7 Å². The molecule has 0 spiro atoms. The van der Waals surface area contributed by atoms with Crippen molar-refractivity contribution in [2.24, 2.45) is 0 Å². The van der Waals surface area contributed by atoms with E-state index in [9.17, 15) is 4.79 Å². The number of hydrogen-bond acceptors (Lipinski definition) is 5. The SMILES string of the molecule is COc1ccc(NC(=O)C2CCCN2Cc2ccccc2)cc1OCc1ccncc1. The Balaban J connectivity index is 1.42. The zero-order chi connectivity index (χ0) is 21.5. The summed E-state index contributed by atoms with van der Waals surface area (Å²) in [5, 5.41) is 3.06. The van der Waals surface area contributed by atoms with Crippen LogP contribution in [-0.2, 0) is 17.9 Å². The van der Waals surface area contributed by atoms with Crippen LogP contribution in [0.2, 0.25) is 0 Å². The van der Waals surface area contributed by atoms with Crippen LogP contribution in [0.4, 0.5) is 5.69 Å². The highest BCUT2D eigenvalue weighted by Gasteiger charge is 2.30. The van der Waals surface area contributed by atoms with Gasteiger partial charge in [-0.25, -0.2) is 0 Å². The lowest BCUT2D eigenvalue weighted by molar-refractivity contribution is -0.120. The molecule has 0 aliphatic carbocycles. The van der Waals surface area contributed by atoms with E-state index in [1.165, 1.54) is 5.56 Å². The first-order valence-electron chi connectivity index (χ1n) is 10.5. The van der Waals surface area contributed by atoms with E-state index in [4.69, 9.17) is 9.47 Å². The minimum absolute atomic E-state index is 0.0127. The summed E-state index contributed by atoms with van der Waals surface area (Å²) in [4.78, 5) is 19.3. The number of nitrogens with zero attached hydrogens (tertiary/aromatic N) is 2. The van der Waals surface area contributed by atoms with Gasteiger partial charge in [-0.15, -0.1) is 0 Å². The van der Waals surface area contributed by atoms with Crippen LogP contribution >= 0.6 is 0 Å². The van der Waals surface area contributed by atoms with Crippen LogP contribution < -0.4 is 14.8 Å². The van der Waals surface area contributed by atoms with Crippen LogP contribution in [0.15, 0.2) is 73.1 Å². The number of amides is 1. The molecule has 1 aliphatic heterocycles. The summed E-state index contributed by atoms with van der Waals surface area (Å²) in [7, 11) is 1.60. The van der Waals surface area contributed by atoms with E-state index < -0.39 is 0 Å². The van der Waals surface area contributed by atoms with Crippen molar-refractivity contribution in [3.8, 4) is 11.5 Å². The number of nitrogens with one attached hydrogen (secondary N) is 1. The van der Waals surface area contributed by atoms with Crippen LogP contribution in [0.25, 0.3) is 0 Å². The van der Waals surface area contributed by atoms with Crippen LogP contribution in [0.5, 0.6) is 11.5 Å². The Labute approximate surface area is 182 Å². The first-order valence-corrected chi connectivity index (χ1v) is 10.5. The average Bonchev–Trinajstić information content (AvgIpc) is 3.27. The number of carbonyl (C=O) groups excluding carboxylic acids is 1. The molecule has 1 unspecified atom stereocenters. The molecule has 1 saturated heterocycles. The Bertz CT molecular complexity index is 995. The fourth-order valence-corrected chi connectivity index (χ4v) is 3.86. The summed E-state index contributed by atoms with van der Waals surface area (Å²) in [6.07, 6.45) is 5.35. The fourth-order valence-electron chi connectivity index (χ4n) is 3.86. The number of methoxy groups -OCH3 is 1. The van der Waals surface area contributed by atoms with E-state index in [1.807, 2.05) is 48.5 Å². The standard InChI is InChI=1S/C25H27N3O3/c1-30-23-10-9-21(16-24(23)31-18-20-11-13-26-14-12-20)27-25(29)22-8-5-15-28(22)17-19-6-3-2-4-7-19/h2-4,6-7,9-14,16,22H,5,8,15,17-18H2,1H3,(H,27,29). The van der Waals surface area contributed by atoms with E-state index >= 15 is 0 Å². The van der Waals surface area contributed by atoms with Crippen molar-refractivity contribution in [3.63, 3.8) is 0 Å². The van der Waals surface area contributed by atoms with Crippen molar-refractivity contribution in [1.29, 1.82) is 0 Å². The second kappa shape index (κ2) is 10.1. The molecule has 0 radical (unpaired) electrons. The maximum Gasteiger partial charge on any atom is 0.241 e. The van der Waals surface area contributed by atoms with Crippen LogP contribution in [-0.4, -0.2) is 35.5 Å². The van der Waals surface area contributed by atoms with Crippen molar-refractivity contribution in [2.75, 3.05) is 19.0 Å². The summed E-state index contributed by atoms with van der Waals surface area (Å²) in [5.41, 5.74) is 2.93. The quantitative estimate of drug-likeness (QED) is 0.593. The van der Waals surface area contributed by atoms with Crippen molar-refractivity contribution >= 4 is 11.6 Å². The molecule has 1 atom stereocenters. The van der Waals surface area contributed by atoms with E-state index in [-0.39, 0.29) is 11.9 Å². The lowest BCUT2D eigenvalue weighted by Crippen LogP contribution is -2.39. The number of pyridine rings is 1. The molecule has 160 valence electrons. The smallest absolute Gasteiger partial charge is 0.241 e. The maximum atomic E-state index is 13.0. The predicted molar refractivity (Wildman–Crippen MR) is 120 cm³/mol. The highest BCUT2D eigenvalue weighted by molar-refractivity contribution is 5.95. The van der Waals surface area contributed by atoms with Crippen molar-refractivity contribution in [2.45, 2.75) is 32.0 Å². The number of hydrogen-bond donors (Lipinski definition) is 1. The molecule has 6 heteroatoms. The number of rotatable bonds is 8. The Morgan fingerprint density at radius 3 is 2.65 bits per heavy atom. The monoisotopic (exact) mass is 417 g/mol. The number of likely N-dealkylation sites (tertiary alicyclic amines) is 1. The van der Waals surface area contributed by atoms with E-state index in [0.717, 1.165) is 31.5 Å². The molecule has 1 aliphatic rings. The second-order valence-corrected chi connectivity index (χ2v) is 7.61. The van der Waals surface area contributed by atoms with Gasteiger partial charge in [0.15, 0.2) is 11.5 Å². The van der Waals surface area contributed by atoms with Gasteiger partial charge >= 0.3 is 0 Å². The molecule has 1 N–H and O–H groups in total. The predicted octanol–water partition coefficient (Wildman–Crippen LogP) is 4.27. The Morgan fingerprint density at radius 1 is 1.06 bits per heavy atom. The third kappa shape index (κ3) is 5.41. The largest absolute Gasteiger partial charge is 0.493 e. The molecule has 2 heterocycles. The molecule has 3 aromatic rings. The number of benzene rings is 2. The molecule has 0 saturated carbocycles. The van der Waals surface area contributed by atoms with Gasteiger partial charge in [0.1, 0.15) is 6.61 Å². The molecule has 6 nitrogen and oxygen atoms in total. The second-order valence-electron chi connectivity index (χ2n) is 7.61. The first-order chi connectivity index (χ1) is 15.2. The number of carbonyl (C=O) groups is 1. The molecule has 31 heavy (non-hydrogen) atoms. The van der Waals surface area contributed by atoms with Gasteiger partial charge in [0.2, 0.25) is 5.91 Å². The lowest BCUT2D eigenvalue weighted by Gasteiger charge is -2.24. The van der Waals surface area contributed by atoms with Gasteiger partial charge in [-0.2, -0.15) is 0 Å². The van der Waals surface area contributed by atoms with Crippen LogP contribution in [0, 0.1) is 0 Å². The molecule has 2 aromatic carbocycles. The zero-order valence-electron chi connectivity index (χ0n) is 17.7. The first kappa shape index (κ1) is 20.9. The number of anilines is 1. The van der Waals surface area contributed by atoms with E-state index in [2.05, 4.69) is 27.3 Å². The van der Waals surface area contributed by atoms with Crippen LogP contribution in [0.3, 0.4) is 0 Å². The summed E-state index contributed by atoms with van der Waals surface area (Å²) in [5.74, 6) is 1.22. The zero-order valence-corrected chi connectivity index (χ0v) is 17.7. The van der Waals surface area contributed by atoms with Crippen molar-refractivity contribution < 1.29 is 14.3 Å². The van der Waals surface area contributed by atoms with Crippen molar-refractivity contribution in [1.82, 2.24) is 9.88 Å². The maximum absolute atomic E-state index is 13.0. The van der Waals surface area contributed by atoms with Gasteiger partial charge in [0.05, 0.1) is 13.2 Å². The minimum atomic E-state index is -0.136. The molecular formula is C25H27N3O3. The summed E-state index contributed by atoms with van der Waals surface area (Å²) in [6.45, 7) is 2.10. The minimum Gasteiger partial charge on any atom is -0.493 e. The average molecular weight is 418 g/mol. The normalized spacial score (nSPS) is 16.1. The lowest BCUT2D eigenvalue weighted by atomic mass is 10.1. The third-order valence-corrected chi connectivity index (χ3v) is 5.47. The number of aromatic nitrogens is 1. The van der Waals surface area contributed by atoms with Gasteiger partial charge in [-0.1, -0.05) is 30.3 Å². The molecular weight excluding hydrogens is 390 g/mol. The molecule has 1 amide bonds. The summed E-state index contributed by atoms with van der Waals surface area (Å²) < 4.78 is 11.4. The van der Waals surface area contributed by atoms with Crippen molar-refractivity contribution in [3.05, 3.63) is 84.2 Å². The third-order valence-electron chi connectivity index (χ3n) is 5.47. The summed E-state index contributed by atoms with van der Waals surface area (Å²) >= 11 is 0. The Kier molecular flexibility index (Phi) is 6.79. The highest BCUT2D eigenvalue weighted by atomic mass is 16.5. The van der Waals surface area contributed by atoms with E-state index in [1.54, 1.807) is 19.5 Å². The Morgan fingerprint density at radius 2 is 1.87 bits per heavy atom. The topological polar surface area (TPSA) is 63.7 Å². The molecule has 0 bridgehead atoms. The van der Waals surface area contributed by atoms with Gasteiger partial charge in [0.25, 0.3) is 0 Å². The molecule has 1 fully saturated rings. The highest BCUT2D eigenvalue weighted by Crippen LogP contribution is 2.31. The number of ether oxygens (including phenoxy) is 2. The van der Waals surface area contributed by atoms with Gasteiger partial charge in [0, 0.05) is 30.7 Å².